The first kappa shape index (κ1) is 18.4. The minimum atomic E-state index is -4.49. The lowest BCUT2D eigenvalue weighted by Crippen LogP contribution is -2.33. The van der Waals surface area contributed by atoms with E-state index >= 15 is 0 Å². The van der Waals surface area contributed by atoms with Crippen LogP contribution < -0.4 is 4.72 Å². The van der Waals surface area contributed by atoms with Crippen molar-refractivity contribution in [2.75, 3.05) is 6.54 Å². The molecule has 1 atom stereocenters. The summed E-state index contributed by atoms with van der Waals surface area (Å²) in [5.41, 5.74) is -0.573. The molecule has 1 aromatic carbocycles. The van der Waals surface area contributed by atoms with Gasteiger partial charge < -0.3 is 4.57 Å². The Hall–Kier alpha value is -2.38. The standard InChI is InChI=1S/C16H15F3N4O2S/c17-16(18,19)14-10-23-9-12(3-6-15(23)22-14)8-21-26(24,25)13-4-1-11(7-20)2-5-13/h1-2,4-5,10,12,21H,3,6,8-9H2/t12-/m0/s1. The van der Waals surface area contributed by atoms with Crippen molar-refractivity contribution in [1.29, 1.82) is 5.26 Å². The van der Waals surface area contributed by atoms with Gasteiger partial charge in [0.2, 0.25) is 10.0 Å². The van der Waals surface area contributed by atoms with Crippen molar-refractivity contribution in [1.82, 2.24) is 14.3 Å². The van der Waals surface area contributed by atoms with Gasteiger partial charge >= 0.3 is 6.18 Å². The number of nitrogens with zero attached hydrogens (tertiary/aromatic N) is 3. The molecule has 3 rings (SSSR count). The number of sulfonamides is 1. The van der Waals surface area contributed by atoms with E-state index in [1.54, 1.807) is 0 Å². The minimum Gasteiger partial charge on any atom is -0.334 e. The Morgan fingerprint density at radius 1 is 1.31 bits per heavy atom. The molecule has 0 unspecified atom stereocenters. The molecule has 1 aromatic heterocycles. The summed E-state index contributed by atoms with van der Waals surface area (Å²) in [7, 11) is -3.74. The van der Waals surface area contributed by atoms with Gasteiger partial charge in [0.15, 0.2) is 5.69 Å². The zero-order chi connectivity index (χ0) is 18.9. The first-order valence-electron chi connectivity index (χ1n) is 7.82. The first-order valence-corrected chi connectivity index (χ1v) is 9.30. The van der Waals surface area contributed by atoms with Gasteiger partial charge in [0.25, 0.3) is 0 Å². The highest BCUT2D eigenvalue weighted by Crippen LogP contribution is 2.30. The molecule has 0 bridgehead atoms. The van der Waals surface area contributed by atoms with Crippen LogP contribution in [-0.4, -0.2) is 24.5 Å². The normalized spacial score (nSPS) is 17.5. The van der Waals surface area contributed by atoms with E-state index < -0.39 is 21.9 Å². The van der Waals surface area contributed by atoms with Gasteiger partial charge in [-0.1, -0.05) is 0 Å². The SMILES string of the molecule is N#Cc1ccc(S(=O)(=O)NC[C@@H]2CCc3nc(C(F)(F)F)cn3C2)cc1. The van der Waals surface area contributed by atoms with Crippen LogP contribution in [0, 0.1) is 17.2 Å². The zero-order valence-corrected chi connectivity index (χ0v) is 14.3. The lowest BCUT2D eigenvalue weighted by molar-refractivity contribution is -0.141. The number of aryl methyl sites for hydroxylation is 1. The van der Waals surface area contributed by atoms with E-state index in [1.165, 1.54) is 28.8 Å². The van der Waals surface area contributed by atoms with Gasteiger partial charge in [0, 0.05) is 25.7 Å². The molecule has 26 heavy (non-hydrogen) atoms. The molecule has 1 aliphatic heterocycles. The number of aromatic nitrogens is 2. The van der Waals surface area contributed by atoms with Crippen LogP contribution >= 0.6 is 0 Å². The van der Waals surface area contributed by atoms with Gasteiger partial charge in [-0.25, -0.2) is 18.1 Å². The molecular formula is C16H15F3N4O2S. The molecule has 2 heterocycles. The van der Waals surface area contributed by atoms with Crippen LogP contribution in [0.25, 0.3) is 0 Å². The molecule has 0 saturated carbocycles. The van der Waals surface area contributed by atoms with Crippen LogP contribution in [0.4, 0.5) is 13.2 Å². The van der Waals surface area contributed by atoms with Gasteiger partial charge in [-0.15, -0.1) is 0 Å². The topological polar surface area (TPSA) is 87.8 Å². The Kier molecular flexibility index (Phi) is 4.77. The molecule has 138 valence electrons. The molecule has 1 N–H and O–H groups in total. The van der Waals surface area contributed by atoms with E-state index in [0.717, 1.165) is 6.20 Å². The van der Waals surface area contributed by atoms with Crippen LogP contribution in [0.15, 0.2) is 35.4 Å². The van der Waals surface area contributed by atoms with Crippen molar-refractivity contribution >= 4 is 10.0 Å². The van der Waals surface area contributed by atoms with Gasteiger partial charge in [-0.05, 0) is 36.6 Å². The van der Waals surface area contributed by atoms with Crippen LogP contribution in [0.5, 0.6) is 0 Å². The number of nitriles is 1. The highest BCUT2D eigenvalue weighted by molar-refractivity contribution is 7.89. The maximum Gasteiger partial charge on any atom is 0.434 e. The maximum absolute atomic E-state index is 12.7. The van der Waals surface area contributed by atoms with E-state index in [-0.39, 0.29) is 23.9 Å². The third kappa shape index (κ3) is 3.89. The van der Waals surface area contributed by atoms with E-state index in [9.17, 15) is 21.6 Å². The summed E-state index contributed by atoms with van der Waals surface area (Å²) in [6.07, 6.45) is -2.61. The molecule has 0 aliphatic carbocycles. The highest BCUT2D eigenvalue weighted by atomic mass is 32.2. The molecule has 1 aliphatic rings. The van der Waals surface area contributed by atoms with Crippen LogP contribution in [-0.2, 0) is 29.2 Å². The second-order valence-corrected chi connectivity index (χ2v) is 7.85. The van der Waals surface area contributed by atoms with E-state index in [4.69, 9.17) is 5.26 Å². The summed E-state index contributed by atoms with van der Waals surface area (Å²) in [5.74, 6) is 0.231. The monoisotopic (exact) mass is 384 g/mol. The second kappa shape index (κ2) is 6.74. The molecule has 0 amide bonds. The molecule has 0 radical (unpaired) electrons. The van der Waals surface area contributed by atoms with Crippen molar-refractivity contribution in [3.63, 3.8) is 0 Å². The summed E-state index contributed by atoms with van der Waals surface area (Å²) >= 11 is 0. The number of rotatable bonds is 4. The van der Waals surface area contributed by atoms with Crippen LogP contribution in [0.3, 0.4) is 0 Å². The van der Waals surface area contributed by atoms with Crippen molar-refractivity contribution in [3.8, 4) is 6.07 Å². The molecule has 0 spiro atoms. The zero-order valence-electron chi connectivity index (χ0n) is 13.5. The Morgan fingerprint density at radius 2 is 2.00 bits per heavy atom. The third-order valence-corrected chi connectivity index (χ3v) is 5.68. The number of hydrogen-bond donors (Lipinski definition) is 1. The lowest BCUT2D eigenvalue weighted by atomic mass is 10.00. The molecule has 6 nitrogen and oxygen atoms in total. The van der Waals surface area contributed by atoms with Crippen molar-refractivity contribution < 1.29 is 21.6 Å². The quantitative estimate of drug-likeness (QED) is 0.876. The fourth-order valence-corrected chi connectivity index (χ4v) is 3.95. The average Bonchev–Trinajstić information content (AvgIpc) is 3.04. The van der Waals surface area contributed by atoms with Crippen LogP contribution in [0.1, 0.15) is 23.5 Å². The number of benzene rings is 1. The molecule has 10 heteroatoms. The number of alkyl halides is 3. The van der Waals surface area contributed by atoms with Gasteiger partial charge in [-0.2, -0.15) is 18.4 Å². The summed E-state index contributed by atoms with van der Waals surface area (Å²) < 4.78 is 66.7. The maximum atomic E-state index is 12.7. The molecule has 0 saturated heterocycles. The highest BCUT2D eigenvalue weighted by Gasteiger charge is 2.35. The number of nitrogens with one attached hydrogen (secondary N) is 1. The number of hydrogen-bond acceptors (Lipinski definition) is 4. The Balaban J connectivity index is 1.65. The Morgan fingerprint density at radius 3 is 2.62 bits per heavy atom. The van der Waals surface area contributed by atoms with Gasteiger partial charge in [-0.3, -0.25) is 0 Å². The Bertz CT molecular complexity index is 943. The number of halogens is 3. The summed E-state index contributed by atoms with van der Waals surface area (Å²) in [6, 6.07) is 7.40. The van der Waals surface area contributed by atoms with Gasteiger partial charge in [0.1, 0.15) is 5.82 Å². The largest absolute Gasteiger partial charge is 0.434 e. The fourth-order valence-electron chi connectivity index (χ4n) is 2.84. The molecule has 2 aromatic rings. The Labute approximate surface area is 148 Å². The first-order chi connectivity index (χ1) is 12.2. The van der Waals surface area contributed by atoms with Gasteiger partial charge in [0.05, 0.1) is 16.5 Å². The number of imidazole rings is 1. The minimum absolute atomic E-state index is 0.0370. The van der Waals surface area contributed by atoms with Crippen molar-refractivity contribution in [2.24, 2.45) is 5.92 Å². The smallest absolute Gasteiger partial charge is 0.334 e. The van der Waals surface area contributed by atoms with Crippen molar-refractivity contribution in [3.05, 3.63) is 47.5 Å². The summed E-state index contributed by atoms with van der Waals surface area (Å²) in [5, 5.41) is 8.74. The predicted molar refractivity (Wildman–Crippen MR) is 85.4 cm³/mol. The number of fused-ring (bicyclic) bond motifs is 1. The summed E-state index contributed by atoms with van der Waals surface area (Å²) in [6.45, 7) is 0.385. The van der Waals surface area contributed by atoms with Crippen molar-refractivity contribution in [2.45, 2.75) is 30.5 Å². The lowest BCUT2D eigenvalue weighted by Gasteiger charge is -2.23. The van der Waals surface area contributed by atoms with E-state index in [2.05, 4.69) is 9.71 Å². The fraction of sp³-hybridized carbons (Fsp3) is 0.375. The second-order valence-electron chi connectivity index (χ2n) is 6.09. The van der Waals surface area contributed by atoms with Crippen LogP contribution in [0.2, 0.25) is 0 Å². The third-order valence-electron chi connectivity index (χ3n) is 4.24. The van der Waals surface area contributed by atoms with E-state index in [1.807, 2.05) is 6.07 Å². The summed E-state index contributed by atoms with van der Waals surface area (Å²) in [4.78, 5) is 3.64. The molecule has 0 fully saturated rings. The molecular weight excluding hydrogens is 369 g/mol. The van der Waals surface area contributed by atoms with E-state index in [0.29, 0.717) is 24.2 Å². The predicted octanol–water partition coefficient (Wildman–Crippen LogP) is 2.31. The average molecular weight is 384 g/mol.